The SMILES string of the molecule is COc1cc(OC)cc(C(=O)N[C@H]2CC[C@@H](CNc3nc(N(C)C)c4ccccc4n3)CC2)c1. The summed E-state index contributed by atoms with van der Waals surface area (Å²) in [6, 6.07) is 13.5. The number of carbonyl (C=O) groups is 1. The van der Waals surface area contributed by atoms with Crippen molar-refractivity contribution in [3.63, 3.8) is 0 Å². The van der Waals surface area contributed by atoms with Crippen molar-refractivity contribution in [3.8, 4) is 11.5 Å². The van der Waals surface area contributed by atoms with Crippen molar-refractivity contribution < 1.29 is 14.3 Å². The molecule has 8 heteroatoms. The van der Waals surface area contributed by atoms with Crippen LogP contribution < -0.4 is 25.0 Å². The van der Waals surface area contributed by atoms with E-state index in [9.17, 15) is 4.79 Å². The Labute approximate surface area is 200 Å². The number of nitrogens with one attached hydrogen (secondary N) is 2. The van der Waals surface area contributed by atoms with Crippen LogP contribution in [-0.4, -0.2) is 56.8 Å². The summed E-state index contributed by atoms with van der Waals surface area (Å²) >= 11 is 0. The normalized spacial score (nSPS) is 17.8. The van der Waals surface area contributed by atoms with Crippen molar-refractivity contribution in [2.75, 3.05) is 45.1 Å². The number of nitrogens with zero attached hydrogens (tertiary/aromatic N) is 3. The Morgan fingerprint density at radius 3 is 2.32 bits per heavy atom. The number of hydrogen-bond donors (Lipinski definition) is 2. The van der Waals surface area contributed by atoms with Gasteiger partial charge >= 0.3 is 0 Å². The summed E-state index contributed by atoms with van der Waals surface area (Å²) in [6.45, 7) is 0.818. The van der Waals surface area contributed by atoms with E-state index in [1.807, 2.05) is 43.3 Å². The molecule has 1 fully saturated rings. The lowest BCUT2D eigenvalue weighted by molar-refractivity contribution is 0.0922. The Morgan fingerprint density at radius 2 is 1.68 bits per heavy atom. The first-order chi connectivity index (χ1) is 16.5. The minimum absolute atomic E-state index is 0.0976. The number of fused-ring (bicyclic) bond motifs is 1. The van der Waals surface area contributed by atoms with Crippen molar-refractivity contribution in [3.05, 3.63) is 48.0 Å². The van der Waals surface area contributed by atoms with Crippen LogP contribution in [0, 0.1) is 5.92 Å². The first-order valence-electron chi connectivity index (χ1n) is 11.7. The summed E-state index contributed by atoms with van der Waals surface area (Å²) in [5.41, 5.74) is 1.48. The fraction of sp³-hybridized carbons (Fsp3) is 0.423. The van der Waals surface area contributed by atoms with E-state index in [1.165, 1.54) is 0 Å². The number of ether oxygens (including phenoxy) is 2. The molecule has 1 amide bonds. The van der Waals surface area contributed by atoms with Gasteiger partial charge in [0.05, 0.1) is 19.7 Å². The molecule has 0 atom stereocenters. The number of anilines is 2. The van der Waals surface area contributed by atoms with Crippen LogP contribution in [0.2, 0.25) is 0 Å². The Bertz CT molecular complexity index is 1120. The van der Waals surface area contributed by atoms with E-state index in [4.69, 9.17) is 19.4 Å². The van der Waals surface area contributed by atoms with E-state index in [0.717, 1.165) is 48.9 Å². The molecule has 0 unspecified atom stereocenters. The van der Waals surface area contributed by atoms with E-state index in [0.29, 0.717) is 28.9 Å². The number of rotatable bonds is 8. The zero-order valence-corrected chi connectivity index (χ0v) is 20.3. The van der Waals surface area contributed by atoms with Gasteiger partial charge in [-0.05, 0) is 55.9 Å². The zero-order valence-electron chi connectivity index (χ0n) is 20.3. The van der Waals surface area contributed by atoms with Gasteiger partial charge in [-0.1, -0.05) is 12.1 Å². The Balaban J connectivity index is 1.31. The van der Waals surface area contributed by atoms with Gasteiger partial charge in [-0.3, -0.25) is 4.79 Å². The van der Waals surface area contributed by atoms with Gasteiger partial charge in [-0.2, -0.15) is 4.98 Å². The van der Waals surface area contributed by atoms with Gasteiger partial charge in [0.25, 0.3) is 5.91 Å². The van der Waals surface area contributed by atoms with E-state index < -0.39 is 0 Å². The first kappa shape index (κ1) is 23.6. The molecular weight excluding hydrogens is 430 g/mol. The summed E-state index contributed by atoms with van der Waals surface area (Å²) in [5.74, 6) is 3.20. The van der Waals surface area contributed by atoms with E-state index >= 15 is 0 Å². The van der Waals surface area contributed by atoms with Gasteiger partial charge in [0.1, 0.15) is 17.3 Å². The second kappa shape index (κ2) is 10.6. The van der Waals surface area contributed by atoms with Crippen molar-refractivity contribution >= 4 is 28.6 Å². The van der Waals surface area contributed by atoms with Gasteiger partial charge in [-0.25, -0.2) is 4.98 Å². The largest absolute Gasteiger partial charge is 0.497 e. The number of methoxy groups -OCH3 is 2. The fourth-order valence-electron chi connectivity index (χ4n) is 4.43. The maximum Gasteiger partial charge on any atom is 0.251 e. The molecular formula is C26H33N5O3. The highest BCUT2D eigenvalue weighted by molar-refractivity contribution is 5.95. The molecule has 8 nitrogen and oxygen atoms in total. The second-order valence-electron chi connectivity index (χ2n) is 8.96. The first-order valence-corrected chi connectivity index (χ1v) is 11.7. The number of hydrogen-bond acceptors (Lipinski definition) is 7. The molecule has 180 valence electrons. The third-order valence-electron chi connectivity index (χ3n) is 6.35. The van der Waals surface area contributed by atoms with Crippen LogP contribution in [0.5, 0.6) is 11.5 Å². The third kappa shape index (κ3) is 5.50. The lowest BCUT2D eigenvalue weighted by Gasteiger charge is -2.29. The van der Waals surface area contributed by atoms with Crippen LogP contribution in [0.15, 0.2) is 42.5 Å². The van der Waals surface area contributed by atoms with Gasteiger partial charge in [0, 0.05) is 43.7 Å². The topological polar surface area (TPSA) is 88.6 Å². The molecule has 0 radical (unpaired) electrons. The molecule has 2 N–H and O–H groups in total. The van der Waals surface area contributed by atoms with Crippen LogP contribution in [0.3, 0.4) is 0 Å². The van der Waals surface area contributed by atoms with Crippen molar-refractivity contribution in [1.29, 1.82) is 0 Å². The summed E-state index contributed by atoms with van der Waals surface area (Å²) in [6.07, 6.45) is 3.96. The van der Waals surface area contributed by atoms with Crippen LogP contribution in [0.4, 0.5) is 11.8 Å². The fourth-order valence-corrected chi connectivity index (χ4v) is 4.43. The molecule has 1 heterocycles. The highest BCUT2D eigenvalue weighted by Crippen LogP contribution is 2.28. The molecule has 2 aromatic carbocycles. The van der Waals surface area contributed by atoms with E-state index in [-0.39, 0.29) is 11.9 Å². The average molecular weight is 464 g/mol. The molecule has 34 heavy (non-hydrogen) atoms. The minimum Gasteiger partial charge on any atom is -0.497 e. The molecule has 3 aromatic rings. The smallest absolute Gasteiger partial charge is 0.251 e. The average Bonchev–Trinajstić information content (AvgIpc) is 2.87. The second-order valence-corrected chi connectivity index (χ2v) is 8.96. The molecule has 0 aliphatic heterocycles. The number of aromatic nitrogens is 2. The maximum atomic E-state index is 12.8. The highest BCUT2D eigenvalue weighted by atomic mass is 16.5. The van der Waals surface area contributed by atoms with Crippen LogP contribution in [0.25, 0.3) is 10.9 Å². The third-order valence-corrected chi connectivity index (χ3v) is 6.35. The molecule has 1 aliphatic rings. The van der Waals surface area contributed by atoms with Crippen LogP contribution in [0.1, 0.15) is 36.0 Å². The highest BCUT2D eigenvalue weighted by Gasteiger charge is 2.23. The summed E-state index contributed by atoms with van der Waals surface area (Å²) < 4.78 is 10.6. The molecule has 0 bridgehead atoms. The summed E-state index contributed by atoms with van der Waals surface area (Å²) in [7, 11) is 7.15. The van der Waals surface area contributed by atoms with Gasteiger partial charge in [-0.15, -0.1) is 0 Å². The van der Waals surface area contributed by atoms with Crippen LogP contribution in [-0.2, 0) is 0 Å². The van der Waals surface area contributed by atoms with Crippen LogP contribution >= 0.6 is 0 Å². The summed E-state index contributed by atoms with van der Waals surface area (Å²) in [4.78, 5) is 24.2. The number of benzene rings is 2. The quantitative estimate of drug-likeness (QED) is 0.520. The van der Waals surface area contributed by atoms with Crippen molar-refractivity contribution in [2.45, 2.75) is 31.7 Å². The van der Waals surface area contributed by atoms with Gasteiger partial charge in [0.15, 0.2) is 0 Å². The minimum atomic E-state index is -0.0976. The Hall–Kier alpha value is -3.55. The predicted octanol–water partition coefficient (Wildman–Crippen LogP) is 4.11. The summed E-state index contributed by atoms with van der Waals surface area (Å²) in [5, 5.41) is 7.66. The number of para-hydroxylation sites is 1. The monoisotopic (exact) mass is 463 g/mol. The van der Waals surface area contributed by atoms with E-state index in [2.05, 4.69) is 10.6 Å². The number of amides is 1. The van der Waals surface area contributed by atoms with Crippen molar-refractivity contribution in [2.24, 2.45) is 5.92 Å². The Kier molecular flexibility index (Phi) is 7.35. The molecule has 0 spiro atoms. The van der Waals surface area contributed by atoms with E-state index in [1.54, 1.807) is 32.4 Å². The lowest BCUT2D eigenvalue weighted by Crippen LogP contribution is -2.38. The standard InChI is InChI=1S/C26H33N5O3/c1-31(2)24-22-7-5-6-8-23(22)29-26(30-24)27-16-17-9-11-19(12-10-17)28-25(32)18-13-20(33-3)15-21(14-18)34-4/h5-8,13-15,17,19H,9-12,16H2,1-4H3,(H,28,32)(H,27,29,30)/t17-,19+. The Morgan fingerprint density at radius 1 is 1.00 bits per heavy atom. The van der Waals surface area contributed by atoms with Gasteiger partial charge < -0.3 is 25.0 Å². The molecule has 1 saturated carbocycles. The molecule has 1 aromatic heterocycles. The van der Waals surface area contributed by atoms with Gasteiger partial charge in [0.2, 0.25) is 5.95 Å². The molecule has 0 saturated heterocycles. The maximum absolute atomic E-state index is 12.8. The molecule has 4 rings (SSSR count). The zero-order chi connectivity index (χ0) is 24.1. The molecule has 1 aliphatic carbocycles. The van der Waals surface area contributed by atoms with Crippen molar-refractivity contribution in [1.82, 2.24) is 15.3 Å². The predicted molar refractivity (Wildman–Crippen MR) is 135 cm³/mol. The lowest BCUT2D eigenvalue weighted by atomic mass is 9.86. The number of carbonyl (C=O) groups excluding carboxylic acids is 1.